The number of hydrogen-bond acceptors (Lipinski definition) is 3. The highest BCUT2D eigenvalue weighted by Gasteiger charge is 2.45. The quantitative estimate of drug-likeness (QED) is 0.815. The van der Waals surface area contributed by atoms with Crippen LogP contribution in [0.15, 0.2) is 0 Å². The molecule has 2 aliphatic rings. The van der Waals surface area contributed by atoms with Crippen molar-refractivity contribution in [2.24, 2.45) is 11.1 Å². The van der Waals surface area contributed by atoms with Crippen molar-refractivity contribution < 1.29 is 9.59 Å². The zero-order valence-electron chi connectivity index (χ0n) is 11.2. The van der Waals surface area contributed by atoms with Gasteiger partial charge in [0.1, 0.15) is 11.5 Å². The maximum atomic E-state index is 12.7. The first-order valence-corrected chi connectivity index (χ1v) is 7.12. The number of hydrogen-bond donors (Lipinski definition) is 1. The lowest BCUT2D eigenvalue weighted by molar-refractivity contribution is -0.148. The summed E-state index contributed by atoms with van der Waals surface area (Å²) in [6.07, 6.45) is 6.56. The van der Waals surface area contributed by atoms with Crippen molar-refractivity contribution in [2.75, 3.05) is 6.54 Å². The van der Waals surface area contributed by atoms with Gasteiger partial charge in [-0.2, -0.15) is 5.26 Å². The summed E-state index contributed by atoms with van der Waals surface area (Å²) in [7, 11) is 0. The second kappa shape index (κ2) is 5.60. The van der Waals surface area contributed by atoms with Gasteiger partial charge in [-0.3, -0.25) is 9.59 Å². The van der Waals surface area contributed by atoms with Crippen LogP contribution < -0.4 is 5.73 Å². The van der Waals surface area contributed by atoms with Crippen LogP contribution in [-0.4, -0.2) is 29.3 Å². The molecule has 5 heteroatoms. The number of likely N-dealkylation sites (tertiary alicyclic amines) is 1. The molecule has 0 spiro atoms. The summed E-state index contributed by atoms with van der Waals surface area (Å²) >= 11 is 0. The summed E-state index contributed by atoms with van der Waals surface area (Å²) in [6.45, 7) is 0.551. The van der Waals surface area contributed by atoms with Crippen LogP contribution in [0.1, 0.15) is 51.4 Å². The summed E-state index contributed by atoms with van der Waals surface area (Å²) in [5.74, 6) is -0.616. The van der Waals surface area contributed by atoms with E-state index in [1.165, 1.54) is 0 Å². The summed E-state index contributed by atoms with van der Waals surface area (Å²) in [5, 5.41) is 9.45. The minimum absolute atomic E-state index is 0.168. The summed E-state index contributed by atoms with van der Waals surface area (Å²) in [4.78, 5) is 25.8. The van der Waals surface area contributed by atoms with Crippen LogP contribution in [0.4, 0.5) is 0 Å². The van der Waals surface area contributed by atoms with Gasteiger partial charge in [-0.15, -0.1) is 0 Å². The minimum atomic E-state index is -0.913. The van der Waals surface area contributed by atoms with Gasteiger partial charge in [-0.1, -0.05) is 19.3 Å². The highest BCUT2D eigenvalue weighted by molar-refractivity contribution is 5.91. The fraction of sp³-hybridized carbons (Fsp3) is 0.786. The number of nitriles is 1. The van der Waals surface area contributed by atoms with Crippen molar-refractivity contribution in [2.45, 2.75) is 57.4 Å². The first kappa shape index (κ1) is 13.9. The molecule has 2 fully saturated rings. The molecular formula is C14H21N3O2. The molecule has 19 heavy (non-hydrogen) atoms. The highest BCUT2D eigenvalue weighted by atomic mass is 16.2. The lowest BCUT2D eigenvalue weighted by Gasteiger charge is -2.40. The summed E-state index contributed by atoms with van der Waals surface area (Å²) < 4.78 is 0. The van der Waals surface area contributed by atoms with E-state index in [4.69, 9.17) is 5.73 Å². The molecule has 1 saturated carbocycles. The molecular weight excluding hydrogens is 242 g/mol. The van der Waals surface area contributed by atoms with Crippen molar-refractivity contribution in [3.05, 3.63) is 0 Å². The Morgan fingerprint density at radius 3 is 2.42 bits per heavy atom. The van der Waals surface area contributed by atoms with Gasteiger partial charge >= 0.3 is 0 Å². The number of nitrogens with two attached hydrogens (primary N) is 1. The van der Waals surface area contributed by atoms with Gasteiger partial charge in [-0.25, -0.2) is 0 Å². The molecule has 2 rings (SSSR count). The molecule has 2 amide bonds. The predicted octanol–water partition coefficient (Wildman–Crippen LogP) is 1.33. The van der Waals surface area contributed by atoms with Gasteiger partial charge in [0.25, 0.3) is 0 Å². The summed E-state index contributed by atoms with van der Waals surface area (Å²) in [6, 6.07) is 1.71. The number of primary amides is 1. The Morgan fingerprint density at radius 2 is 1.84 bits per heavy atom. The molecule has 2 N–H and O–H groups in total. The van der Waals surface area contributed by atoms with Crippen LogP contribution in [0.25, 0.3) is 0 Å². The van der Waals surface area contributed by atoms with E-state index in [-0.39, 0.29) is 5.91 Å². The first-order valence-electron chi connectivity index (χ1n) is 7.12. The van der Waals surface area contributed by atoms with Crippen molar-refractivity contribution >= 4 is 11.8 Å². The fourth-order valence-corrected chi connectivity index (χ4v) is 3.27. The van der Waals surface area contributed by atoms with Crippen LogP contribution in [0, 0.1) is 16.7 Å². The monoisotopic (exact) mass is 263 g/mol. The molecule has 1 unspecified atom stereocenters. The van der Waals surface area contributed by atoms with E-state index in [1.807, 2.05) is 0 Å². The molecule has 0 radical (unpaired) electrons. The van der Waals surface area contributed by atoms with Gasteiger partial charge in [0.2, 0.25) is 11.8 Å². The zero-order chi connectivity index (χ0) is 13.9. The van der Waals surface area contributed by atoms with Crippen molar-refractivity contribution in [1.29, 1.82) is 5.26 Å². The zero-order valence-corrected chi connectivity index (χ0v) is 11.2. The van der Waals surface area contributed by atoms with Crippen molar-refractivity contribution in [3.8, 4) is 6.07 Å². The average Bonchev–Trinajstić information content (AvgIpc) is 2.47. The maximum absolute atomic E-state index is 12.7. The third-order valence-corrected chi connectivity index (χ3v) is 4.42. The van der Waals surface area contributed by atoms with E-state index >= 15 is 0 Å². The van der Waals surface area contributed by atoms with E-state index < -0.39 is 17.4 Å². The van der Waals surface area contributed by atoms with Crippen LogP contribution in [0.5, 0.6) is 0 Å². The number of carbonyl (C=O) groups is 2. The standard InChI is InChI=1S/C14H21N3O2/c15-10-14(7-3-1-4-8-14)13(19)17-9-5-2-6-11(17)12(16)18/h11H,1-9H2,(H2,16,18). The Labute approximate surface area is 113 Å². The lowest BCUT2D eigenvalue weighted by atomic mass is 9.73. The molecule has 0 aromatic rings. The topological polar surface area (TPSA) is 87.2 Å². The fourth-order valence-electron chi connectivity index (χ4n) is 3.27. The van der Waals surface area contributed by atoms with E-state index in [0.29, 0.717) is 25.8 Å². The van der Waals surface area contributed by atoms with E-state index in [1.54, 1.807) is 4.90 Å². The van der Waals surface area contributed by atoms with Crippen LogP contribution in [0.3, 0.4) is 0 Å². The number of piperidine rings is 1. The molecule has 1 atom stereocenters. The third-order valence-electron chi connectivity index (χ3n) is 4.42. The Kier molecular flexibility index (Phi) is 4.08. The molecule has 0 aromatic heterocycles. The van der Waals surface area contributed by atoms with Crippen LogP contribution in [0.2, 0.25) is 0 Å². The second-order valence-corrected chi connectivity index (χ2v) is 5.67. The van der Waals surface area contributed by atoms with E-state index in [0.717, 1.165) is 32.1 Å². The predicted molar refractivity (Wildman–Crippen MR) is 69.7 cm³/mol. The average molecular weight is 263 g/mol. The number of nitrogens with zero attached hydrogens (tertiary/aromatic N) is 2. The molecule has 104 valence electrons. The SMILES string of the molecule is N#CC1(C(=O)N2CCCCC2C(N)=O)CCCCC1. The van der Waals surface area contributed by atoms with E-state index in [2.05, 4.69) is 6.07 Å². The molecule has 0 aromatic carbocycles. The first-order chi connectivity index (χ1) is 9.10. The normalized spacial score (nSPS) is 26.5. The van der Waals surface area contributed by atoms with Crippen LogP contribution in [-0.2, 0) is 9.59 Å². The van der Waals surface area contributed by atoms with Crippen molar-refractivity contribution in [1.82, 2.24) is 4.90 Å². The van der Waals surface area contributed by atoms with Gasteiger partial charge in [0.05, 0.1) is 6.07 Å². The third kappa shape index (κ3) is 2.58. The number of amides is 2. The Hall–Kier alpha value is -1.57. The maximum Gasteiger partial charge on any atom is 0.243 e. The molecule has 1 heterocycles. The molecule has 1 saturated heterocycles. The van der Waals surface area contributed by atoms with Gasteiger partial charge in [0, 0.05) is 6.54 Å². The van der Waals surface area contributed by atoms with Crippen molar-refractivity contribution in [3.63, 3.8) is 0 Å². The highest BCUT2D eigenvalue weighted by Crippen LogP contribution is 2.38. The van der Waals surface area contributed by atoms with E-state index in [9.17, 15) is 14.9 Å². The molecule has 0 bridgehead atoms. The Balaban J connectivity index is 2.20. The second-order valence-electron chi connectivity index (χ2n) is 5.67. The number of carbonyl (C=O) groups excluding carboxylic acids is 2. The lowest BCUT2D eigenvalue weighted by Crippen LogP contribution is -2.55. The van der Waals surface area contributed by atoms with Gasteiger partial charge in [0.15, 0.2) is 0 Å². The molecule has 1 aliphatic heterocycles. The smallest absolute Gasteiger partial charge is 0.243 e. The summed E-state index contributed by atoms with van der Waals surface area (Å²) in [5.41, 5.74) is 4.48. The molecule has 1 aliphatic carbocycles. The van der Waals surface area contributed by atoms with Gasteiger partial charge < -0.3 is 10.6 Å². The van der Waals surface area contributed by atoms with Crippen LogP contribution >= 0.6 is 0 Å². The number of rotatable bonds is 2. The minimum Gasteiger partial charge on any atom is -0.368 e. The Bertz CT molecular complexity index is 407. The largest absolute Gasteiger partial charge is 0.368 e. The molecule has 5 nitrogen and oxygen atoms in total. The Morgan fingerprint density at radius 1 is 1.16 bits per heavy atom. The van der Waals surface area contributed by atoms with Gasteiger partial charge in [-0.05, 0) is 32.1 Å².